The maximum atomic E-state index is 10.1. The van der Waals surface area contributed by atoms with Crippen molar-refractivity contribution in [2.45, 2.75) is 0 Å². The molecule has 0 saturated carbocycles. The van der Waals surface area contributed by atoms with Gasteiger partial charge in [0, 0.05) is 55.4 Å². The zero-order valence-corrected chi connectivity index (χ0v) is 31.5. The minimum Gasteiger partial charge on any atom is -0.543 e. The summed E-state index contributed by atoms with van der Waals surface area (Å²) < 4.78 is 0. The summed E-state index contributed by atoms with van der Waals surface area (Å²) >= 11 is 0. The monoisotopic (exact) mass is 936 g/mol. The Balaban J connectivity index is 0.000000670. The van der Waals surface area contributed by atoms with Crippen LogP contribution in [-0.2, 0) is 0 Å². The molecule has 0 aliphatic rings. The molecule has 6 heterocycles. The number of carbonyl (C=O) groups excluding carboxylic acids is 3. The number of carboxylic acids is 6. The Hall–Kier alpha value is -7.30. The fourth-order valence-corrected chi connectivity index (χ4v) is 3.06. The van der Waals surface area contributed by atoms with Crippen molar-refractivity contribution in [3.05, 3.63) is 162 Å². The minimum atomic E-state index is -1.39. The molecule has 0 aliphatic carbocycles. The standard InChI is InChI=1S/3C6H5NO3.3C6H5NO2.Eu/c3*8-4-1-2-7-5(3-4)6(9)10;3*8-6(9)5-3-1-2-4-7-5;/h3*1-3H,(H,7,8)(H,9,10);3*1-4H,(H,8,9);/q;;;;;;+3/p-3. The molecule has 0 aliphatic heterocycles. The van der Waals surface area contributed by atoms with Crippen molar-refractivity contribution in [3.8, 4) is 17.2 Å². The average molecular weight is 936 g/mol. The number of hydrogen-bond acceptors (Lipinski definition) is 18. The van der Waals surface area contributed by atoms with E-state index in [1.807, 2.05) is 0 Å². The number of carbonyl (C=O) groups is 6. The molecule has 0 atom stereocenters. The van der Waals surface area contributed by atoms with Crippen LogP contribution in [0.2, 0.25) is 0 Å². The molecule has 298 valence electrons. The number of carboxylic acid groups (broad SMARTS) is 6. The third kappa shape index (κ3) is 22.2. The second-order valence-electron chi connectivity index (χ2n) is 9.62. The molecule has 21 nitrogen and oxygen atoms in total. The zero-order chi connectivity index (χ0) is 42.8. The largest absolute Gasteiger partial charge is 3.00 e. The number of hydrogen-bond donors (Lipinski definition) is 6. The van der Waals surface area contributed by atoms with Gasteiger partial charge in [-0.2, -0.15) is 0 Å². The third-order valence-electron chi connectivity index (χ3n) is 5.51. The Morgan fingerprint density at radius 2 is 0.586 bits per heavy atom. The van der Waals surface area contributed by atoms with E-state index in [0.717, 1.165) is 18.2 Å². The van der Waals surface area contributed by atoms with Crippen LogP contribution in [0.3, 0.4) is 0 Å². The second-order valence-corrected chi connectivity index (χ2v) is 9.62. The predicted molar refractivity (Wildman–Crippen MR) is 184 cm³/mol. The molecule has 58 heavy (non-hydrogen) atoms. The first-order chi connectivity index (χ1) is 27.0. The molecular formula is C36H27EuN6O15. The molecule has 0 saturated heterocycles. The fourth-order valence-electron chi connectivity index (χ4n) is 3.06. The van der Waals surface area contributed by atoms with Crippen molar-refractivity contribution in [2.75, 3.05) is 0 Å². The Morgan fingerprint density at radius 3 is 0.707 bits per heavy atom. The Kier molecular flexibility index (Phi) is 24.6. The first kappa shape index (κ1) is 50.7. The van der Waals surface area contributed by atoms with Crippen LogP contribution in [0.4, 0.5) is 0 Å². The molecule has 6 aromatic heterocycles. The summed E-state index contributed by atoms with van der Waals surface area (Å²) in [6.45, 7) is 0. The molecule has 0 unspecified atom stereocenters. The topological polar surface area (TPSA) is 370 Å². The second kappa shape index (κ2) is 28.2. The molecule has 0 radical (unpaired) electrons. The number of pyridine rings is 6. The van der Waals surface area contributed by atoms with Crippen molar-refractivity contribution in [1.29, 1.82) is 0 Å². The maximum Gasteiger partial charge on any atom is 3.00 e. The summed E-state index contributed by atoms with van der Waals surface area (Å²) in [7, 11) is 0. The Labute approximate surface area is 366 Å². The third-order valence-corrected chi connectivity index (χ3v) is 5.51. The van der Waals surface area contributed by atoms with Gasteiger partial charge < -0.3 is 60.3 Å². The van der Waals surface area contributed by atoms with Crippen LogP contribution < -0.4 is 15.3 Å². The van der Waals surface area contributed by atoms with E-state index in [2.05, 4.69) is 29.9 Å². The minimum absolute atomic E-state index is 0. The van der Waals surface area contributed by atoms with Crippen molar-refractivity contribution in [1.82, 2.24) is 29.9 Å². The van der Waals surface area contributed by atoms with Crippen molar-refractivity contribution >= 4 is 35.8 Å². The quantitative estimate of drug-likeness (QED) is 0.126. The van der Waals surface area contributed by atoms with Gasteiger partial charge >= 0.3 is 67.3 Å². The summed E-state index contributed by atoms with van der Waals surface area (Å²) in [5, 5.41) is 81.4. The van der Waals surface area contributed by atoms with E-state index < -0.39 is 35.8 Å². The van der Waals surface area contributed by atoms with Gasteiger partial charge in [-0.15, -0.1) is 0 Å². The van der Waals surface area contributed by atoms with Gasteiger partial charge in [0.1, 0.15) is 34.3 Å². The maximum absolute atomic E-state index is 10.1. The van der Waals surface area contributed by atoms with E-state index in [0.29, 0.717) is 0 Å². The summed E-state index contributed by atoms with van der Waals surface area (Å²) in [5.74, 6) is -7.54. The molecule has 0 spiro atoms. The van der Waals surface area contributed by atoms with Gasteiger partial charge in [-0.25, -0.2) is 29.3 Å². The van der Waals surface area contributed by atoms with E-state index in [4.69, 9.17) is 30.6 Å². The summed E-state index contributed by atoms with van der Waals surface area (Å²) in [6.07, 6.45) is 7.93. The number of aromatic nitrogens is 6. The molecule has 6 N–H and O–H groups in total. The molecule has 0 amide bonds. The van der Waals surface area contributed by atoms with E-state index in [-0.39, 0.29) is 101 Å². The zero-order valence-electron chi connectivity index (χ0n) is 29.0. The van der Waals surface area contributed by atoms with E-state index >= 15 is 0 Å². The van der Waals surface area contributed by atoms with Crippen LogP contribution in [0.15, 0.2) is 128 Å². The smallest absolute Gasteiger partial charge is 0.543 e. The van der Waals surface area contributed by atoms with Gasteiger partial charge in [0.25, 0.3) is 0 Å². The van der Waals surface area contributed by atoms with Crippen molar-refractivity contribution in [3.63, 3.8) is 0 Å². The van der Waals surface area contributed by atoms with Gasteiger partial charge in [-0.1, -0.05) is 18.2 Å². The summed E-state index contributed by atoms with van der Waals surface area (Å²) in [6, 6.07) is 21.2. The number of nitrogens with zero attached hydrogens (tertiary/aromatic N) is 6. The van der Waals surface area contributed by atoms with E-state index in [9.17, 15) is 44.1 Å². The van der Waals surface area contributed by atoms with Crippen LogP contribution in [0.25, 0.3) is 0 Å². The van der Waals surface area contributed by atoms with Crippen LogP contribution in [-0.4, -0.2) is 96.4 Å². The van der Waals surface area contributed by atoms with Gasteiger partial charge in [0.05, 0.1) is 35.0 Å². The van der Waals surface area contributed by atoms with Crippen LogP contribution in [0.5, 0.6) is 17.2 Å². The van der Waals surface area contributed by atoms with Gasteiger partial charge in [-0.05, 0) is 54.6 Å². The van der Waals surface area contributed by atoms with Crippen LogP contribution >= 0.6 is 0 Å². The fraction of sp³-hybridized carbons (Fsp3) is 0. The number of aromatic carboxylic acids is 6. The van der Waals surface area contributed by atoms with E-state index in [1.54, 1.807) is 36.4 Å². The SMILES string of the molecule is O=C(O)c1ccccn1.O=C(O)c1ccccn1.O=C(O)c1ccccn1.O=C([O-])c1cc(O)ccn1.O=C([O-])c1cc(O)ccn1.O=C([O-])c1cc(O)ccn1.[Eu+3]. The molecule has 6 aromatic rings. The summed E-state index contributed by atoms with van der Waals surface area (Å²) in [4.78, 5) is 81.6. The van der Waals surface area contributed by atoms with E-state index in [1.165, 1.54) is 73.6 Å². The number of rotatable bonds is 6. The molecule has 0 bridgehead atoms. The van der Waals surface area contributed by atoms with Crippen LogP contribution in [0, 0.1) is 49.4 Å². The Morgan fingerprint density at radius 1 is 0.362 bits per heavy atom. The summed E-state index contributed by atoms with van der Waals surface area (Å²) in [5.41, 5.74) is -0.549. The Bertz CT molecular complexity index is 1970. The van der Waals surface area contributed by atoms with Gasteiger partial charge in [0.15, 0.2) is 0 Å². The molecule has 0 fully saturated rings. The van der Waals surface area contributed by atoms with Gasteiger partial charge in [-0.3, -0.25) is 15.0 Å². The van der Waals surface area contributed by atoms with Crippen molar-refractivity contribution in [2.24, 2.45) is 0 Å². The predicted octanol–water partition coefficient (Wildman–Crippen LogP) is -0.208. The van der Waals surface area contributed by atoms with Crippen LogP contribution in [0.1, 0.15) is 62.9 Å². The first-order valence-corrected chi connectivity index (χ1v) is 15.0. The molecule has 6 rings (SSSR count). The first-order valence-electron chi connectivity index (χ1n) is 15.0. The number of aromatic hydroxyl groups is 3. The molecule has 22 heteroatoms. The van der Waals surface area contributed by atoms with Gasteiger partial charge in [0.2, 0.25) is 0 Å². The molecular weight excluding hydrogens is 908 g/mol. The average Bonchev–Trinajstić information content (AvgIpc) is 3.20. The normalized spacial score (nSPS) is 8.90. The van der Waals surface area contributed by atoms with Crippen molar-refractivity contribution < 1.29 is 124 Å². The molecule has 0 aromatic carbocycles.